The molecule has 2 amide bonds. The van der Waals surface area contributed by atoms with Crippen LogP contribution in [0.15, 0.2) is 54.6 Å². The zero-order valence-corrected chi connectivity index (χ0v) is 18.9. The fraction of sp³-hybridized carbons (Fsp3) is 0.400. The van der Waals surface area contributed by atoms with Gasteiger partial charge in [-0.3, -0.25) is 24.2 Å². The quantitative estimate of drug-likeness (QED) is 0.611. The lowest BCUT2D eigenvalue weighted by atomic mass is 10.0. The molecule has 0 aliphatic carbocycles. The first kappa shape index (κ1) is 23.6. The summed E-state index contributed by atoms with van der Waals surface area (Å²) >= 11 is 0. The smallest absolute Gasteiger partial charge is 0.238 e. The number of piperazine rings is 1. The average Bonchev–Trinajstić information content (AvgIpc) is 2.81. The Kier molecular flexibility index (Phi) is 8.53. The molecular formula is C25H32N4O3. The number of nitrogens with zero attached hydrogens (tertiary/aromatic N) is 3. The second-order valence-electron chi connectivity index (χ2n) is 7.91. The normalized spacial score (nSPS) is 14.7. The van der Waals surface area contributed by atoms with Crippen LogP contribution < -0.4 is 5.32 Å². The van der Waals surface area contributed by atoms with Gasteiger partial charge in [0, 0.05) is 50.4 Å². The first-order chi connectivity index (χ1) is 15.5. The van der Waals surface area contributed by atoms with Crippen LogP contribution in [0.2, 0.25) is 0 Å². The predicted octanol–water partition coefficient (Wildman–Crippen LogP) is 2.34. The van der Waals surface area contributed by atoms with E-state index in [2.05, 4.69) is 15.1 Å². The molecule has 0 bridgehead atoms. The maximum atomic E-state index is 12.9. The Balaban J connectivity index is 1.52. The van der Waals surface area contributed by atoms with Crippen LogP contribution in [0.1, 0.15) is 29.8 Å². The van der Waals surface area contributed by atoms with Gasteiger partial charge in [-0.2, -0.15) is 0 Å². The molecule has 7 nitrogen and oxygen atoms in total. The second-order valence-corrected chi connectivity index (χ2v) is 7.91. The van der Waals surface area contributed by atoms with Gasteiger partial charge in [-0.1, -0.05) is 42.5 Å². The third-order valence-corrected chi connectivity index (χ3v) is 5.79. The molecule has 3 rings (SSSR count). The molecule has 32 heavy (non-hydrogen) atoms. The van der Waals surface area contributed by atoms with Crippen LogP contribution in [0.5, 0.6) is 0 Å². The minimum Gasteiger partial charge on any atom is -0.342 e. The fourth-order valence-corrected chi connectivity index (χ4v) is 3.90. The Labute approximate surface area is 190 Å². The molecule has 0 radical (unpaired) electrons. The summed E-state index contributed by atoms with van der Waals surface area (Å²) in [5.74, 6) is -0.111. The first-order valence-corrected chi connectivity index (χ1v) is 11.2. The summed E-state index contributed by atoms with van der Waals surface area (Å²) in [4.78, 5) is 43.9. The summed E-state index contributed by atoms with van der Waals surface area (Å²) in [5, 5.41) is 2.91. The summed E-state index contributed by atoms with van der Waals surface area (Å²) in [7, 11) is 0. The highest BCUT2D eigenvalue weighted by Gasteiger charge is 2.22. The fourth-order valence-electron chi connectivity index (χ4n) is 3.90. The molecule has 0 atom stereocenters. The molecule has 1 heterocycles. The standard InChI is InChI=1S/C25H32N4O3/c1-3-29(4-2)24(31)19-28-16-14-27(15-17-28)18-23(30)26-22-13-9-8-12-21(22)25(32)20-10-6-5-7-11-20/h5-13H,3-4,14-19H2,1-2H3,(H,26,30). The lowest BCUT2D eigenvalue weighted by Gasteiger charge is -2.34. The van der Waals surface area contributed by atoms with Crippen LogP contribution in [0.25, 0.3) is 0 Å². The zero-order valence-electron chi connectivity index (χ0n) is 18.9. The molecule has 1 aliphatic heterocycles. The second kappa shape index (κ2) is 11.5. The lowest BCUT2D eigenvalue weighted by Crippen LogP contribution is -2.51. The molecule has 0 aromatic heterocycles. The largest absolute Gasteiger partial charge is 0.342 e. The van der Waals surface area contributed by atoms with E-state index in [9.17, 15) is 14.4 Å². The van der Waals surface area contributed by atoms with Crippen LogP contribution in [0, 0.1) is 0 Å². The van der Waals surface area contributed by atoms with E-state index in [0.29, 0.717) is 23.4 Å². The van der Waals surface area contributed by atoms with E-state index in [1.165, 1.54) is 0 Å². The third kappa shape index (κ3) is 6.24. The molecule has 1 aliphatic rings. The highest BCUT2D eigenvalue weighted by molar-refractivity contribution is 6.13. The van der Waals surface area contributed by atoms with E-state index in [1.54, 1.807) is 30.3 Å². The molecule has 1 fully saturated rings. The number of anilines is 1. The van der Waals surface area contributed by atoms with Gasteiger partial charge in [-0.05, 0) is 26.0 Å². The number of likely N-dealkylation sites (N-methyl/N-ethyl adjacent to an activating group) is 1. The Bertz CT molecular complexity index is 920. The maximum absolute atomic E-state index is 12.9. The van der Waals surface area contributed by atoms with Gasteiger partial charge in [0.15, 0.2) is 5.78 Å². The van der Waals surface area contributed by atoms with Crippen molar-refractivity contribution < 1.29 is 14.4 Å². The minimum atomic E-state index is -0.147. The molecule has 1 saturated heterocycles. The number of hydrogen-bond acceptors (Lipinski definition) is 5. The number of amides is 2. The van der Waals surface area contributed by atoms with Crippen molar-refractivity contribution in [1.82, 2.24) is 14.7 Å². The van der Waals surface area contributed by atoms with Crippen LogP contribution >= 0.6 is 0 Å². The van der Waals surface area contributed by atoms with Gasteiger partial charge < -0.3 is 10.2 Å². The van der Waals surface area contributed by atoms with E-state index < -0.39 is 0 Å². The highest BCUT2D eigenvalue weighted by atomic mass is 16.2. The Morgan fingerprint density at radius 2 is 1.38 bits per heavy atom. The van der Waals surface area contributed by atoms with Crippen molar-refractivity contribution in [1.29, 1.82) is 0 Å². The zero-order chi connectivity index (χ0) is 22.9. The Morgan fingerprint density at radius 3 is 2.00 bits per heavy atom. The maximum Gasteiger partial charge on any atom is 0.238 e. The number of rotatable bonds is 9. The van der Waals surface area contributed by atoms with Crippen molar-refractivity contribution in [2.24, 2.45) is 0 Å². The molecule has 0 saturated carbocycles. The molecule has 2 aromatic rings. The van der Waals surface area contributed by atoms with Crippen molar-refractivity contribution in [2.45, 2.75) is 13.8 Å². The van der Waals surface area contributed by atoms with Crippen molar-refractivity contribution in [2.75, 3.05) is 57.7 Å². The van der Waals surface area contributed by atoms with E-state index in [4.69, 9.17) is 0 Å². The Hall–Kier alpha value is -3.03. The van der Waals surface area contributed by atoms with E-state index >= 15 is 0 Å². The van der Waals surface area contributed by atoms with Gasteiger partial charge in [0.25, 0.3) is 0 Å². The van der Waals surface area contributed by atoms with Crippen molar-refractivity contribution in [3.8, 4) is 0 Å². The first-order valence-electron chi connectivity index (χ1n) is 11.2. The number of nitrogens with one attached hydrogen (secondary N) is 1. The summed E-state index contributed by atoms with van der Waals surface area (Å²) in [6.07, 6.45) is 0. The summed E-state index contributed by atoms with van der Waals surface area (Å²) < 4.78 is 0. The molecule has 0 spiro atoms. The third-order valence-electron chi connectivity index (χ3n) is 5.79. The number of hydrogen-bond donors (Lipinski definition) is 1. The van der Waals surface area contributed by atoms with Gasteiger partial charge in [0.1, 0.15) is 0 Å². The monoisotopic (exact) mass is 436 g/mol. The van der Waals surface area contributed by atoms with Crippen molar-refractivity contribution in [3.05, 3.63) is 65.7 Å². The van der Waals surface area contributed by atoms with Crippen LogP contribution in [-0.2, 0) is 9.59 Å². The van der Waals surface area contributed by atoms with Crippen LogP contribution in [-0.4, -0.2) is 84.7 Å². The number of carbonyl (C=O) groups is 3. The summed E-state index contributed by atoms with van der Waals surface area (Å²) in [6, 6.07) is 16.1. The van der Waals surface area contributed by atoms with Crippen molar-refractivity contribution in [3.63, 3.8) is 0 Å². The molecule has 1 N–H and O–H groups in total. The lowest BCUT2D eigenvalue weighted by molar-refractivity contribution is -0.132. The van der Waals surface area contributed by atoms with Gasteiger partial charge >= 0.3 is 0 Å². The molecule has 0 unspecified atom stereocenters. The molecule has 2 aromatic carbocycles. The van der Waals surface area contributed by atoms with Crippen LogP contribution in [0.4, 0.5) is 5.69 Å². The molecule has 170 valence electrons. The average molecular weight is 437 g/mol. The highest BCUT2D eigenvalue weighted by Crippen LogP contribution is 2.19. The Morgan fingerprint density at radius 1 is 0.812 bits per heavy atom. The van der Waals surface area contributed by atoms with Crippen LogP contribution in [0.3, 0.4) is 0 Å². The molecular weight excluding hydrogens is 404 g/mol. The van der Waals surface area contributed by atoms with Gasteiger partial charge in [0.2, 0.25) is 11.8 Å². The topological polar surface area (TPSA) is 73.0 Å². The van der Waals surface area contributed by atoms with Gasteiger partial charge in [-0.15, -0.1) is 0 Å². The summed E-state index contributed by atoms with van der Waals surface area (Å²) in [5.41, 5.74) is 1.59. The minimum absolute atomic E-state index is 0.118. The molecule has 7 heteroatoms. The van der Waals surface area contributed by atoms with Gasteiger partial charge in [0.05, 0.1) is 18.8 Å². The SMILES string of the molecule is CCN(CC)C(=O)CN1CCN(CC(=O)Nc2ccccc2C(=O)c2ccccc2)CC1. The van der Waals surface area contributed by atoms with E-state index in [1.807, 2.05) is 43.0 Å². The van der Waals surface area contributed by atoms with Gasteiger partial charge in [-0.25, -0.2) is 0 Å². The van der Waals surface area contributed by atoms with Crippen molar-refractivity contribution >= 4 is 23.3 Å². The number of para-hydroxylation sites is 1. The predicted molar refractivity (Wildman–Crippen MR) is 126 cm³/mol. The number of benzene rings is 2. The van der Waals surface area contributed by atoms with E-state index in [-0.39, 0.29) is 24.1 Å². The summed E-state index contributed by atoms with van der Waals surface area (Å²) in [6.45, 7) is 9.07. The number of carbonyl (C=O) groups excluding carboxylic acids is 3. The number of ketones is 1. The van der Waals surface area contributed by atoms with E-state index in [0.717, 1.165) is 39.3 Å².